The highest BCUT2D eigenvalue weighted by Crippen LogP contribution is 2.16. The van der Waals surface area contributed by atoms with Gasteiger partial charge in [-0.05, 0) is 25.2 Å². The van der Waals surface area contributed by atoms with Crippen molar-refractivity contribution in [2.75, 3.05) is 20.1 Å². The Morgan fingerprint density at radius 3 is 2.81 bits per heavy atom. The largest absolute Gasteiger partial charge is 0.329 e. The van der Waals surface area contributed by atoms with Crippen molar-refractivity contribution in [2.24, 2.45) is 11.5 Å². The molecule has 3 nitrogen and oxygen atoms in total. The molecule has 4 N–H and O–H groups in total. The van der Waals surface area contributed by atoms with Gasteiger partial charge in [0.15, 0.2) is 0 Å². The number of nitrogens with zero attached hydrogens (tertiary/aromatic N) is 1. The van der Waals surface area contributed by atoms with E-state index in [1.807, 2.05) is 11.9 Å². The molecule has 0 amide bonds. The molecule has 0 bridgehead atoms. The molecule has 0 fully saturated rings. The number of hydrogen-bond donors (Lipinski definition) is 2. The Hall–Kier alpha value is -0.490. The number of hydrogen-bond acceptors (Lipinski definition) is 3. The zero-order chi connectivity index (χ0) is 12.1. The van der Waals surface area contributed by atoms with Crippen molar-refractivity contribution in [3.8, 4) is 0 Å². The summed E-state index contributed by atoms with van der Waals surface area (Å²) in [6.45, 7) is 1.62. The first-order valence-electron chi connectivity index (χ1n) is 5.11. The molecular formula is C11H17BrFN3. The predicted molar refractivity (Wildman–Crippen MR) is 67.5 cm³/mol. The summed E-state index contributed by atoms with van der Waals surface area (Å²) in [7, 11) is 1.90. The summed E-state index contributed by atoms with van der Waals surface area (Å²) in [4.78, 5) is 1.96. The summed E-state index contributed by atoms with van der Waals surface area (Å²) in [6, 6.07) is 4.85. The number of likely N-dealkylation sites (N-methyl/N-ethyl adjacent to an activating group) is 1. The highest BCUT2D eigenvalue weighted by molar-refractivity contribution is 9.10. The van der Waals surface area contributed by atoms with E-state index < -0.39 is 0 Å². The molecule has 0 heterocycles. The second kappa shape index (κ2) is 6.30. The zero-order valence-electron chi connectivity index (χ0n) is 9.29. The molecule has 0 saturated heterocycles. The molecule has 1 aromatic rings. The fourth-order valence-corrected chi connectivity index (χ4v) is 1.90. The SMILES string of the molecule is CN(Cc1cc(Br)ccc1F)CC(N)CN. The topological polar surface area (TPSA) is 55.3 Å². The van der Waals surface area contributed by atoms with E-state index in [-0.39, 0.29) is 11.9 Å². The van der Waals surface area contributed by atoms with Gasteiger partial charge in [-0.3, -0.25) is 0 Å². The molecule has 1 rings (SSSR count). The summed E-state index contributed by atoms with van der Waals surface area (Å²) in [5, 5.41) is 0. The fraction of sp³-hybridized carbons (Fsp3) is 0.455. The third-order valence-electron chi connectivity index (χ3n) is 2.30. The first-order chi connectivity index (χ1) is 7.52. The summed E-state index contributed by atoms with van der Waals surface area (Å²) >= 11 is 3.32. The third-order valence-corrected chi connectivity index (χ3v) is 2.79. The number of benzene rings is 1. The molecular weight excluding hydrogens is 273 g/mol. The minimum Gasteiger partial charge on any atom is -0.329 e. The van der Waals surface area contributed by atoms with E-state index in [1.165, 1.54) is 6.07 Å². The monoisotopic (exact) mass is 289 g/mol. The van der Waals surface area contributed by atoms with E-state index in [0.717, 1.165) is 4.47 Å². The molecule has 90 valence electrons. The van der Waals surface area contributed by atoms with Crippen LogP contribution in [0.1, 0.15) is 5.56 Å². The first kappa shape index (κ1) is 13.6. The highest BCUT2D eigenvalue weighted by Gasteiger charge is 2.09. The summed E-state index contributed by atoms with van der Waals surface area (Å²) in [5.41, 5.74) is 11.8. The average Bonchev–Trinajstić information content (AvgIpc) is 2.23. The average molecular weight is 290 g/mol. The van der Waals surface area contributed by atoms with E-state index in [2.05, 4.69) is 15.9 Å². The second-order valence-corrected chi connectivity index (χ2v) is 4.84. The lowest BCUT2D eigenvalue weighted by molar-refractivity contribution is 0.300. The lowest BCUT2D eigenvalue weighted by Crippen LogP contribution is -2.40. The van der Waals surface area contributed by atoms with E-state index in [1.54, 1.807) is 12.1 Å². The smallest absolute Gasteiger partial charge is 0.127 e. The highest BCUT2D eigenvalue weighted by atomic mass is 79.9. The minimum atomic E-state index is -0.198. The Balaban J connectivity index is 2.61. The summed E-state index contributed by atoms with van der Waals surface area (Å²) in [6.07, 6.45) is 0. The van der Waals surface area contributed by atoms with E-state index in [0.29, 0.717) is 25.2 Å². The fourth-order valence-electron chi connectivity index (χ4n) is 1.49. The Labute approximate surface area is 104 Å². The summed E-state index contributed by atoms with van der Waals surface area (Å²) in [5.74, 6) is -0.198. The van der Waals surface area contributed by atoms with Gasteiger partial charge < -0.3 is 16.4 Å². The Kier molecular flexibility index (Phi) is 5.34. The van der Waals surface area contributed by atoms with Crippen LogP contribution in [0, 0.1) is 5.82 Å². The normalized spacial score (nSPS) is 13.1. The molecule has 0 saturated carbocycles. The molecule has 1 atom stereocenters. The van der Waals surface area contributed by atoms with Crippen LogP contribution in [0.4, 0.5) is 4.39 Å². The van der Waals surface area contributed by atoms with E-state index in [4.69, 9.17) is 11.5 Å². The van der Waals surface area contributed by atoms with Gasteiger partial charge in [0, 0.05) is 35.7 Å². The number of rotatable bonds is 5. The van der Waals surface area contributed by atoms with Crippen LogP contribution in [0.2, 0.25) is 0 Å². The van der Waals surface area contributed by atoms with Gasteiger partial charge in [0.2, 0.25) is 0 Å². The van der Waals surface area contributed by atoms with Gasteiger partial charge in [0.25, 0.3) is 0 Å². The van der Waals surface area contributed by atoms with Gasteiger partial charge in [-0.25, -0.2) is 4.39 Å². The Morgan fingerprint density at radius 2 is 2.19 bits per heavy atom. The van der Waals surface area contributed by atoms with Crippen molar-refractivity contribution in [1.29, 1.82) is 0 Å². The van der Waals surface area contributed by atoms with Crippen molar-refractivity contribution in [3.05, 3.63) is 34.1 Å². The maximum atomic E-state index is 13.4. The van der Waals surface area contributed by atoms with Crippen molar-refractivity contribution >= 4 is 15.9 Å². The van der Waals surface area contributed by atoms with E-state index >= 15 is 0 Å². The molecule has 16 heavy (non-hydrogen) atoms. The molecule has 0 aliphatic rings. The molecule has 1 unspecified atom stereocenters. The van der Waals surface area contributed by atoms with Crippen LogP contribution in [0.25, 0.3) is 0 Å². The molecule has 0 aromatic heterocycles. The van der Waals surface area contributed by atoms with Crippen molar-refractivity contribution in [3.63, 3.8) is 0 Å². The molecule has 0 aliphatic heterocycles. The lowest BCUT2D eigenvalue weighted by Gasteiger charge is -2.20. The van der Waals surface area contributed by atoms with Crippen LogP contribution in [-0.4, -0.2) is 31.1 Å². The van der Waals surface area contributed by atoms with Crippen molar-refractivity contribution in [1.82, 2.24) is 4.90 Å². The van der Waals surface area contributed by atoms with Crippen LogP contribution < -0.4 is 11.5 Å². The third kappa shape index (κ3) is 4.17. The second-order valence-electron chi connectivity index (χ2n) is 3.93. The zero-order valence-corrected chi connectivity index (χ0v) is 10.9. The minimum absolute atomic E-state index is 0.0692. The van der Waals surface area contributed by atoms with Gasteiger partial charge in [0.1, 0.15) is 5.82 Å². The van der Waals surface area contributed by atoms with Gasteiger partial charge >= 0.3 is 0 Å². The van der Waals surface area contributed by atoms with Crippen LogP contribution in [0.5, 0.6) is 0 Å². The van der Waals surface area contributed by atoms with Crippen LogP contribution in [0.15, 0.2) is 22.7 Å². The van der Waals surface area contributed by atoms with Gasteiger partial charge in [-0.15, -0.1) is 0 Å². The van der Waals surface area contributed by atoms with E-state index in [9.17, 15) is 4.39 Å². The van der Waals surface area contributed by atoms with Gasteiger partial charge in [-0.2, -0.15) is 0 Å². The van der Waals surface area contributed by atoms with Crippen LogP contribution >= 0.6 is 15.9 Å². The standard InChI is InChI=1S/C11H17BrFN3/c1-16(7-10(15)5-14)6-8-4-9(12)2-3-11(8)13/h2-4,10H,5-7,14-15H2,1H3. The number of halogens is 2. The Bertz CT molecular complexity index is 346. The number of nitrogens with two attached hydrogens (primary N) is 2. The Morgan fingerprint density at radius 1 is 1.50 bits per heavy atom. The van der Waals surface area contributed by atoms with Gasteiger partial charge in [-0.1, -0.05) is 15.9 Å². The van der Waals surface area contributed by atoms with Crippen molar-refractivity contribution < 1.29 is 4.39 Å². The molecule has 5 heteroatoms. The van der Waals surface area contributed by atoms with Crippen molar-refractivity contribution in [2.45, 2.75) is 12.6 Å². The predicted octanol–water partition coefficient (Wildman–Crippen LogP) is 1.31. The van der Waals surface area contributed by atoms with Crippen LogP contribution in [-0.2, 0) is 6.54 Å². The molecule has 0 aliphatic carbocycles. The molecule has 1 aromatic carbocycles. The van der Waals surface area contributed by atoms with Gasteiger partial charge in [0.05, 0.1) is 0 Å². The quantitative estimate of drug-likeness (QED) is 0.859. The summed E-state index contributed by atoms with van der Waals surface area (Å²) < 4.78 is 14.3. The lowest BCUT2D eigenvalue weighted by atomic mass is 10.2. The maximum absolute atomic E-state index is 13.4. The molecule has 0 spiro atoms. The first-order valence-corrected chi connectivity index (χ1v) is 5.90. The maximum Gasteiger partial charge on any atom is 0.127 e. The van der Waals surface area contributed by atoms with Crippen LogP contribution in [0.3, 0.4) is 0 Å². The molecule has 0 radical (unpaired) electrons.